The highest BCUT2D eigenvalue weighted by molar-refractivity contribution is 5.74. The fourth-order valence-corrected chi connectivity index (χ4v) is 1.59. The summed E-state index contributed by atoms with van der Waals surface area (Å²) in [7, 11) is 0. The molecular formula is C14H11NO4. The summed E-state index contributed by atoms with van der Waals surface area (Å²) in [5.74, 6) is 0.544. The van der Waals surface area contributed by atoms with Crippen molar-refractivity contribution in [3.63, 3.8) is 0 Å². The average molecular weight is 257 g/mol. The number of hydrogen-bond donors (Lipinski definition) is 0. The maximum Gasteiger partial charge on any atom is 0.269 e. The van der Waals surface area contributed by atoms with Crippen LogP contribution >= 0.6 is 0 Å². The van der Waals surface area contributed by atoms with E-state index in [2.05, 4.69) is 0 Å². The van der Waals surface area contributed by atoms with Gasteiger partial charge < -0.3 is 4.74 Å². The number of carbonyl (C=O) groups is 1. The predicted octanol–water partition coefficient (Wildman–Crippen LogP) is 2.99. The molecule has 0 amide bonds. The molecule has 2 rings (SSSR count). The highest BCUT2D eigenvalue weighted by Gasteiger charge is 2.04. The summed E-state index contributed by atoms with van der Waals surface area (Å²) in [6.45, 7) is 0.305. The Morgan fingerprint density at radius 2 is 1.89 bits per heavy atom. The van der Waals surface area contributed by atoms with Crippen LogP contribution in [0.4, 0.5) is 5.69 Å². The van der Waals surface area contributed by atoms with Gasteiger partial charge in [-0.05, 0) is 23.8 Å². The molecular weight excluding hydrogens is 246 g/mol. The van der Waals surface area contributed by atoms with Crippen molar-refractivity contribution in [2.75, 3.05) is 0 Å². The first-order valence-corrected chi connectivity index (χ1v) is 5.60. The molecule has 0 aliphatic heterocycles. The summed E-state index contributed by atoms with van der Waals surface area (Å²) in [5, 5.41) is 10.5. The van der Waals surface area contributed by atoms with Gasteiger partial charge in [-0.25, -0.2) is 0 Å². The highest BCUT2D eigenvalue weighted by atomic mass is 16.6. The van der Waals surface area contributed by atoms with Crippen LogP contribution in [0.3, 0.4) is 0 Å². The minimum Gasteiger partial charge on any atom is -0.489 e. The molecule has 0 heterocycles. The zero-order chi connectivity index (χ0) is 13.7. The third kappa shape index (κ3) is 3.38. The molecule has 0 atom stereocenters. The lowest BCUT2D eigenvalue weighted by Crippen LogP contribution is -1.96. The highest BCUT2D eigenvalue weighted by Crippen LogP contribution is 2.18. The van der Waals surface area contributed by atoms with Gasteiger partial charge in [-0.3, -0.25) is 14.9 Å². The van der Waals surface area contributed by atoms with Gasteiger partial charge in [0.05, 0.1) is 4.92 Å². The minimum absolute atomic E-state index is 0.0234. The number of nitrogens with zero attached hydrogens (tertiary/aromatic N) is 1. The maximum absolute atomic E-state index is 10.6. The van der Waals surface area contributed by atoms with Crippen LogP contribution in [-0.2, 0) is 6.61 Å². The Morgan fingerprint density at radius 1 is 1.16 bits per heavy atom. The molecule has 96 valence electrons. The summed E-state index contributed by atoms with van der Waals surface area (Å²) in [6.07, 6.45) is 0.773. The largest absolute Gasteiger partial charge is 0.489 e. The molecule has 19 heavy (non-hydrogen) atoms. The van der Waals surface area contributed by atoms with Crippen molar-refractivity contribution in [2.24, 2.45) is 0 Å². The average Bonchev–Trinajstić information content (AvgIpc) is 2.46. The zero-order valence-electron chi connectivity index (χ0n) is 9.98. The third-order valence-electron chi connectivity index (χ3n) is 2.54. The van der Waals surface area contributed by atoms with Gasteiger partial charge in [0.15, 0.2) is 0 Å². The van der Waals surface area contributed by atoms with E-state index in [1.54, 1.807) is 30.3 Å². The van der Waals surface area contributed by atoms with Gasteiger partial charge >= 0.3 is 0 Å². The summed E-state index contributed by atoms with van der Waals surface area (Å²) in [4.78, 5) is 20.7. The maximum atomic E-state index is 10.6. The van der Waals surface area contributed by atoms with E-state index in [1.165, 1.54) is 12.1 Å². The molecule has 0 aliphatic rings. The van der Waals surface area contributed by atoms with Crippen LogP contribution in [0.1, 0.15) is 15.9 Å². The number of ether oxygens (including phenoxy) is 1. The van der Waals surface area contributed by atoms with Crippen molar-refractivity contribution in [3.05, 3.63) is 69.8 Å². The number of hydrogen-bond acceptors (Lipinski definition) is 4. The summed E-state index contributed by atoms with van der Waals surface area (Å²) in [6, 6.07) is 12.9. The lowest BCUT2D eigenvalue weighted by molar-refractivity contribution is -0.384. The quantitative estimate of drug-likeness (QED) is 0.469. The lowest BCUT2D eigenvalue weighted by Gasteiger charge is -2.06. The fourth-order valence-electron chi connectivity index (χ4n) is 1.59. The first-order chi connectivity index (χ1) is 9.19. The van der Waals surface area contributed by atoms with Crippen LogP contribution in [0.5, 0.6) is 5.75 Å². The van der Waals surface area contributed by atoms with E-state index < -0.39 is 4.92 Å². The van der Waals surface area contributed by atoms with E-state index >= 15 is 0 Å². The number of nitro benzene ring substituents is 1. The molecule has 0 unspecified atom stereocenters. The van der Waals surface area contributed by atoms with E-state index in [1.807, 2.05) is 6.07 Å². The lowest BCUT2D eigenvalue weighted by atomic mass is 10.1. The van der Waals surface area contributed by atoms with Crippen LogP contribution < -0.4 is 4.74 Å². The van der Waals surface area contributed by atoms with E-state index in [-0.39, 0.29) is 5.69 Å². The molecule has 0 bridgehead atoms. The summed E-state index contributed by atoms with van der Waals surface area (Å²) < 4.78 is 5.49. The second-order valence-corrected chi connectivity index (χ2v) is 3.90. The van der Waals surface area contributed by atoms with Crippen LogP contribution in [0, 0.1) is 10.1 Å². The van der Waals surface area contributed by atoms with Gasteiger partial charge in [-0.2, -0.15) is 0 Å². The number of carbonyl (C=O) groups excluding carboxylic acids is 1. The number of nitro groups is 1. The Hall–Kier alpha value is -2.69. The monoisotopic (exact) mass is 257 g/mol. The molecule has 0 aromatic heterocycles. The normalized spacial score (nSPS) is 9.89. The molecule has 0 saturated carbocycles. The Morgan fingerprint density at radius 3 is 2.53 bits per heavy atom. The van der Waals surface area contributed by atoms with E-state index in [9.17, 15) is 14.9 Å². The van der Waals surface area contributed by atoms with Crippen molar-refractivity contribution < 1.29 is 14.5 Å². The molecule has 2 aromatic rings. The van der Waals surface area contributed by atoms with Crippen LogP contribution in [0.15, 0.2) is 48.5 Å². The van der Waals surface area contributed by atoms with Crippen molar-refractivity contribution >= 4 is 12.0 Å². The fraction of sp³-hybridized carbons (Fsp3) is 0.0714. The smallest absolute Gasteiger partial charge is 0.269 e. The van der Waals surface area contributed by atoms with Gasteiger partial charge in [0.2, 0.25) is 0 Å². The Balaban J connectivity index is 2.01. The molecule has 0 saturated heterocycles. The first-order valence-electron chi connectivity index (χ1n) is 5.60. The SMILES string of the molecule is O=Cc1cccc(COc2ccc([N+](=O)[O-])cc2)c1. The van der Waals surface area contributed by atoms with Gasteiger partial charge in [-0.15, -0.1) is 0 Å². The molecule has 0 aliphatic carbocycles. The standard InChI is InChI=1S/C14H11NO4/c16-9-11-2-1-3-12(8-11)10-19-14-6-4-13(5-7-14)15(17)18/h1-9H,10H2. The molecule has 2 aromatic carbocycles. The zero-order valence-corrected chi connectivity index (χ0v) is 9.98. The van der Waals surface area contributed by atoms with Gasteiger partial charge in [0.1, 0.15) is 18.6 Å². The summed E-state index contributed by atoms with van der Waals surface area (Å²) >= 11 is 0. The van der Waals surface area contributed by atoms with Crippen molar-refractivity contribution in [3.8, 4) is 5.75 Å². The number of rotatable bonds is 5. The predicted molar refractivity (Wildman–Crippen MR) is 69.3 cm³/mol. The van der Waals surface area contributed by atoms with Crippen LogP contribution in [0.25, 0.3) is 0 Å². The second-order valence-electron chi connectivity index (χ2n) is 3.90. The Kier molecular flexibility index (Phi) is 3.87. The minimum atomic E-state index is -0.461. The summed E-state index contributed by atoms with van der Waals surface area (Å²) in [5.41, 5.74) is 1.48. The van der Waals surface area contributed by atoms with Crippen LogP contribution in [-0.4, -0.2) is 11.2 Å². The number of non-ortho nitro benzene ring substituents is 1. The van der Waals surface area contributed by atoms with Crippen molar-refractivity contribution in [1.82, 2.24) is 0 Å². The molecule has 0 fully saturated rings. The Bertz CT molecular complexity index is 593. The van der Waals surface area contributed by atoms with Gasteiger partial charge in [0.25, 0.3) is 5.69 Å². The molecule has 0 N–H and O–H groups in total. The second kappa shape index (κ2) is 5.77. The van der Waals surface area contributed by atoms with Gasteiger partial charge in [0, 0.05) is 17.7 Å². The van der Waals surface area contributed by atoms with Crippen molar-refractivity contribution in [1.29, 1.82) is 0 Å². The number of aldehydes is 1. The van der Waals surface area contributed by atoms with E-state index in [0.29, 0.717) is 17.9 Å². The van der Waals surface area contributed by atoms with Crippen LogP contribution in [0.2, 0.25) is 0 Å². The molecule has 5 nitrogen and oxygen atoms in total. The topological polar surface area (TPSA) is 69.4 Å². The number of benzene rings is 2. The Labute approximate surface area is 109 Å². The first kappa shape index (κ1) is 12.8. The molecule has 5 heteroatoms. The van der Waals surface area contributed by atoms with E-state index in [0.717, 1.165) is 11.8 Å². The third-order valence-corrected chi connectivity index (χ3v) is 2.54. The van der Waals surface area contributed by atoms with Gasteiger partial charge in [-0.1, -0.05) is 18.2 Å². The molecule has 0 radical (unpaired) electrons. The van der Waals surface area contributed by atoms with Crippen molar-refractivity contribution in [2.45, 2.75) is 6.61 Å². The molecule has 0 spiro atoms. The van der Waals surface area contributed by atoms with E-state index in [4.69, 9.17) is 4.74 Å².